The van der Waals surface area contributed by atoms with Gasteiger partial charge >= 0.3 is 0 Å². The topological polar surface area (TPSA) is 38.7 Å². The Bertz CT molecular complexity index is 142. The zero-order valence-corrected chi connectivity index (χ0v) is 8.65. The van der Waals surface area contributed by atoms with Crippen LogP contribution < -0.4 is 0 Å². The largest absolute Gasteiger partial charge is 0.390 e. The van der Waals surface area contributed by atoms with Crippen LogP contribution in [-0.2, 0) is 9.47 Å². The summed E-state index contributed by atoms with van der Waals surface area (Å²) in [5.41, 5.74) is 0. The minimum atomic E-state index is -0.310. The maximum atomic E-state index is 10.1. The summed E-state index contributed by atoms with van der Waals surface area (Å²) >= 11 is 0. The van der Waals surface area contributed by atoms with Crippen molar-refractivity contribution in [2.75, 3.05) is 19.8 Å². The maximum Gasteiger partial charge on any atom is 0.107 e. The van der Waals surface area contributed by atoms with Gasteiger partial charge in [0.2, 0.25) is 0 Å². The first-order chi connectivity index (χ1) is 6.88. The third-order valence-electron chi connectivity index (χ3n) is 3.36. The highest BCUT2D eigenvalue weighted by Crippen LogP contribution is 2.29. The lowest BCUT2D eigenvalue weighted by molar-refractivity contribution is -0.146. The van der Waals surface area contributed by atoms with E-state index in [9.17, 15) is 5.11 Å². The molecule has 0 spiro atoms. The van der Waals surface area contributed by atoms with Crippen molar-refractivity contribution in [3.63, 3.8) is 0 Å². The summed E-state index contributed by atoms with van der Waals surface area (Å²) in [6.07, 6.45) is 5.76. The highest BCUT2D eigenvalue weighted by Gasteiger charge is 2.30. The lowest BCUT2D eigenvalue weighted by Crippen LogP contribution is -2.43. The second-order valence-corrected chi connectivity index (χ2v) is 4.37. The minimum absolute atomic E-state index is 0.0770. The van der Waals surface area contributed by atoms with E-state index >= 15 is 0 Å². The molecule has 0 amide bonds. The summed E-state index contributed by atoms with van der Waals surface area (Å²) in [5, 5.41) is 10.1. The number of aliphatic hydroxyl groups is 1. The van der Waals surface area contributed by atoms with Gasteiger partial charge in [-0.25, -0.2) is 0 Å². The van der Waals surface area contributed by atoms with Crippen LogP contribution in [0.25, 0.3) is 0 Å². The van der Waals surface area contributed by atoms with Crippen LogP contribution in [0.15, 0.2) is 0 Å². The Morgan fingerprint density at radius 2 is 1.86 bits per heavy atom. The van der Waals surface area contributed by atoms with E-state index in [0.717, 1.165) is 12.8 Å². The molecule has 1 aliphatic carbocycles. The third-order valence-corrected chi connectivity index (χ3v) is 3.36. The fraction of sp³-hybridized carbons (Fsp3) is 1.00. The number of aliphatic hydroxyl groups excluding tert-OH is 1. The molecule has 14 heavy (non-hydrogen) atoms. The molecule has 3 nitrogen and oxygen atoms in total. The molecule has 1 aliphatic heterocycles. The molecule has 2 fully saturated rings. The van der Waals surface area contributed by atoms with Gasteiger partial charge in [0.1, 0.15) is 6.10 Å². The van der Waals surface area contributed by atoms with Gasteiger partial charge in [-0.2, -0.15) is 0 Å². The molecule has 1 saturated carbocycles. The predicted octanol–water partition coefficient (Wildman–Crippen LogP) is 1.34. The predicted molar refractivity (Wildman–Crippen MR) is 53.1 cm³/mol. The van der Waals surface area contributed by atoms with Gasteiger partial charge < -0.3 is 14.6 Å². The Kier molecular flexibility index (Phi) is 3.79. The molecule has 0 aromatic heterocycles. The van der Waals surface area contributed by atoms with Gasteiger partial charge in [0.15, 0.2) is 0 Å². The van der Waals surface area contributed by atoms with E-state index in [1.807, 2.05) is 0 Å². The molecule has 0 bridgehead atoms. The second-order valence-electron chi connectivity index (χ2n) is 4.37. The molecular formula is C11H20O3. The first-order valence-corrected chi connectivity index (χ1v) is 5.75. The highest BCUT2D eigenvalue weighted by molar-refractivity contribution is 4.80. The van der Waals surface area contributed by atoms with Crippen LogP contribution in [0.5, 0.6) is 0 Å². The summed E-state index contributed by atoms with van der Waals surface area (Å²) < 4.78 is 10.8. The van der Waals surface area contributed by atoms with Crippen molar-refractivity contribution in [1.29, 1.82) is 0 Å². The van der Waals surface area contributed by atoms with E-state index in [4.69, 9.17) is 9.47 Å². The van der Waals surface area contributed by atoms with Gasteiger partial charge in [-0.15, -0.1) is 0 Å². The lowest BCUT2D eigenvalue weighted by atomic mass is 9.83. The standard InChI is InChI=1S/C11H20O3/c12-11(9-4-2-1-3-5-9)10-8-13-6-7-14-10/h9-12H,1-8H2. The number of rotatable bonds is 2. The molecule has 2 unspecified atom stereocenters. The molecule has 2 rings (SSSR count). The molecule has 0 aromatic carbocycles. The Morgan fingerprint density at radius 3 is 2.50 bits per heavy atom. The van der Waals surface area contributed by atoms with E-state index in [0.29, 0.717) is 25.7 Å². The molecule has 82 valence electrons. The van der Waals surface area contributed by atoms with Crippen molar-refractivity contribution >= 4 is 0 Å². The fourth-order valence-corrected chi connectivity index (χ4v) is 2.48. The molecule has 0 radical (unpaired) electrons. The fourth-order valence-electron chi connectivity index (χ4n) is 2.48. The molecule has 2 atom stereocenters. The quantitative estimate of drug-likeness (QED) is 0.731. The van der Waals surface area contributed by atoms with Crippen LogP contribution in [0.3, 0.4) is 0 Å². The van der Waals surface area contributed by atoms with Gasteiger partial charge in [0.05, 0.1) is 25.9 Å². The highest BCUT2D eigenvalue weighted by atomic mass is 16.6. The van der Waals surface area contributed by atoms with Crippen LogP contribution in [-0.4, -0.2) is 37.1 Å². The Balaban J connectivity index is 1.82. The van der Waals surface area contributed by atoms with E-state index < -0.39 is 0 Å². The maximum absolute atomic E-state index is 10.1. The average molecular weight is 200 g/mol. The van der Waals surface area contributed by atoms with Crippen LogP contribution >= 0.6 is 0 Å². The monoisotopic (exact) mass is 200 g/mol. The van der Waals surface area contributed by atoms with Crippen molar-refractivity contribution < 1.29 is 14.6 Å². The molecular weight excluding hydrogens is 180 g/mol. The number of ether oxygens (including phenoxy) is 2. The second kappa shape index (κ2) is 5.10. The SMILES string of the molecule is OC(C1CCCCC1)C1COCCO1. The smallest absolute Gasteiger partial charge is 0.107 e. The van der Waals surface area contributed by atoms with Gasteiger partial charge in [-0.3, -0.25) is 0 Å². The molecule has 0 aromatic rings. The molecule has 3 heteroatoms. The summed E-state index contributed by atoms with van der Waals surface area (Å²) in [5.74, 6) is 0.440. The van der Waals surface area contributed by atoms with E-state index in [2.05, 4.69) is 0 Å². The summed E-state index contributed by atoms with van der Waals surface area (Å²) in [6.45, 7) is 1.88. The molecule has 1 saturated heterocycles. The summed E-state index contributed by atoms with van der Waals surface area (Å²) in [6, 6.07) is 0. The van der Waals surface area contributed by atoms with Crippen LogP contribution in [0.4, 0.5) is 0 Å². The van der Waals surface area contributed by atoms with Crippen molar-refractivity contribution in [2.45, 2.75) is 44.3 Å². The molecule has 1 heterocycles. The molecule has 2 aliphatic rings. The van der Waals surface area contributed by atoms with Crippen molar-refractivity contribution in [1.82, 2.24) is 0 Å². The zero-order valence-electron chi connectivity index (χ0n) is 8.65. The van der Waals surface area contributed by atoms with Crippen LogP contribution in [0, 0.1) is 5.92 Å². The molecule has 1 N–H and O–H groups in total. The Morgan fingerprint density at radius 1 is 1.07 bits per heavy atom. The Hall–Kier alpha value is -0.120. The number of hydrogen-bond acceptors (Lipinski definition) is 3. The van der Waals surface area contributed by atoms with Crippen LogP contribution in [0.1, 0.15) is 32.1 Å². The average Bonchev–Trinajstić information content (AvgIpc) is 2.30. The first-order valence-electron chi connectivity index (χ1n) is 5.75. The zero-order chi connectivity index (χ0) is 9.80. The van der Waals surface area contributed by atoms with Crippen molar-refractivity contribution in [3.05, 3.63) is 0 Å². The van der Waals surface area contributed by atoms with Gasteiger partial charge in [0, 0.05) is 0 Å². The summed E-state index contributed by atoms with van der Waals surface area (Å²) in [7, 11) is 0. The van der Waals surface area contributed by atoms with Gasteiger partial charge in [0.25, 0.3) is 0 Å². The van der Waals surface area contributed by atoms with Gasteiger partial charge in [-0.05, 0) is 18.8 Å². The summed E-state index contributed by atoms with van der Waals surface area (Å²) in [4.78, 5) is 0. The van der Waals surface area contributed by atoms with Crippen LogP contribution in [0.2, 0.25) is 0 Å². The van der Waals surface area contributed by atoms with E-state index in [-0.39, 0.29) is 12.2 Å². The van der Waals surface area contributed by atoms with Gasteiger partial charge in [-0.1, -0.05) is 19.3 Å². The normalized spacial score (nSPS) is 32.8. The van der Waals surface area contributed by atoms with E-state index in [1.54, 1.807) is 0 Å². The lowest BCUT2D eigenvalue weighted by Gasteiger charge is -2.34. The van der Waals surface area contributed by atoms with Crippen molar-refractivity contribution in [2.24, 2.45) is 5.92 Å². The number of hydrogen-bond donors (Lipinski definition) is 1. The Labute approximate surface area is 85.4 Å². The van der Waals surface area contributed by atoms with E-state index in [1.165, 1.54) is 19.3 Å². The van der Waals surface area contributed by atoms with Crippen molar-refractivity contribution in [3.8, 4) is 0 Å². The first kappa shape index (κ1) is 10.4. The minimum Gasteiger partial charge on any atom is -0.390 e. The third kappa shape index (κ3) is 2.47.